The fraction of sp³-hybridized carbons (Fsp3) is 0.556. The first-order valence-electron chi connectivity index (χ1n) is 8.27. The topological polar surface area (TPSA) is 64.6 Å². The molecule has 0 aromatic heterocycles. The summed E-state index contributed by atoms with van der Waals surface area (Å²) in [5.74, 6) is -1.50. The smallest absolute Gasteiger partial charge is 0.327 e. The molecule has 7 heteroatoms. The fourth-order valence-electron chi connectivity index (χ4n) is 2.64. The molecule has 1 aliphatic rings. The minimum atomic E-state index is -2.38. The molecule has 5 nitrogen and oxygen atoms in total. The molecule has 2 unspecified atom stereocenters. The Morgan fingerprint density at radius 3 is 2.72 bits per heavy atom. The number of esters is 1. The number of benzene rings is 1. The van der Waals surface area contributed by atoms with Gasteiger partial charge in [0, 0.05) is 5.56 Å². The maximum absolute atomic E-state index is 15.7. The van der Waals surface area contributed by atoms with E-state index in [0.717, 1.165) is 17.8 Å². The molecule has 2 rings (SSSR count). The van der Waals surface area contributed by atoms with Gasteiger partial charge in [-0.15, -0.1) is 0 Å². The first kappa shape index (κ1) is 19.9. The quantitative estimate of drug-likeness (QED) is 0.471. The summed E-state index contributed by atoms with van der Waals surface area (Å²) >= 11 is 0.755. The lowest BCUT2D eigenvalue weighted by atomic mass is 9.76. The van der Waals surface area contributed by atoms with Gasteiger partial charge in [0.2, 0.25) is 5.78 Å². The number of ketones is 1. The van der Waals surface area contributed by atoms with E-state index < -0.39 is 29.1 Å². The third-order valence-electron chi connectivity index (χ3n) is 3.84. The van der Waals surface area contributed by atoms with Crippen molar-refractivity contribution < 1.29 is 22.9 Å². The van der Waals surface area contributed by atoms with E-state index in [1.54, 1.807) is 25.1 Å². The largest absolute Gasteiger partial charge is 0.465 e. The Bertz CT molecular complexity index is 646. The second kappa shape index (κ2) is 7.85. The van der Waals surface area contributed by atoms with E-state index in [2.05, 4.69) is 4.72 Å². The van der Waals surface area contributed by atoms with Crippen molar-refractivity contribution in [3.63, 3.8) is 0 Å². The summed E-state index contributed by atoms with van der Waals surface area (Å²) in [7, 11) is 0. The van der Waals surface area contributed by atoms with Crippen LogP contribution in [-0.4, -0.2) is 35.7 Å². The molecule has 0 bridgehead atoms. The van der Waals surface area contributed by atoms with Crippen molar-refractivity contribution in [1.82, 2.24) is 4.72 Å². The zero-order valence-electron chi connectivity index (χ0n) is 14.9. The van der Waals surface area contributed by atoms with Crippen LogP contribution in [0.2, 0.25) is 0 Å². The number of Topliss-reactive ketones (excluding diaryl/α,β-unsaturated/α-hetero) is 1. The van der Waals surface area contributed by atoms with Crippen molar-refractivity contribution in [3.8, 4) is 0 Å². The number of aryl methyl sites for hydroxylation is 1. The lowest BCUT2D eigenvalue weighted by Crippen LogP contribution is -2.57. The van der Waals surface area contributed by atoms with Crippen molar-refractivity contribution >= 4 is 24.0 Å². The van der Waals surface area contributed by atoms with Crippen LogP contribution >= 0.6 is 12.2 Å². The zero-order valence-corrected chi connectivity index (χ0v) is 15.7. The number of halogens is 1. The number of nitrogens with one attached hydrogen (secondary N) is 1. The molecular weight excluding hydrogens is 345 g/mol. The molecule has 1 aromatic carbocycles. The number of alkyl halides is 1. The number of fused-ring (bicyclic) bond motifs is 1. The van der Waals surface area contributed by atoms with Crippen LogP contribution in [0.15, 0.2) is 24.3 Å². The molecule has 1 aromatic rings. The van der Waals surface area contributed by atoms with Gasteiger partial charge in [-0.25, -0.2) is 9.11 Å². The third kappa shape index (κ3) is 4.59. The Balaban J connectivity index is 2.26. The van der Waals surface area contributed by atoms with Crippen LogP contribution in [0.4, 0.5) is 4.39 Å². The second-order valence-electron chi connectivity index (χ2n) is 6.93. The Morgan fingerprint density at radius 1 is 1.40 bits per heavy atom. The minimum Gasteiger partial charge on any atom is -0.465 e. The summed E-state index contributed by atoms with van der Waals surface area (Å²) in [6.07, 6.45) is 0.288. The number of ether oxygens (including phenoxy) is 1. The zero-order chi connectivity index (χ0) is 18.7. The van der Waals surface area contributed by atoms with Crippen LogP contribution in [0.3, 0.4) is 0 Å². The van der Waals surface area contributed by atoms with E-state index in [-0.39, 0.29) is 13.0 Å². The Hall–Kier alpha value is -1.44. The highest BCUT2D eigenvalue weighted by Gasteiger charge is 2.53. The Labute approximate surface area is 152 Å². The number of hydrogen-bond donors (Lipinski definition) is 1. The molecule has 2 atom stereocenters. The molecule has 0 saturated heterocycles. The predicted molar refractivity (Wildman–Crippen MR) is 94.9 cm³/mol. The molecule has 0 heterocycles. The molecule has 1 N–H and O–H groups in total. The van der Waals surface area contributed by atoms with E-state index in [9.17, 15) is 9.59 Å². The number of rotatable bonds is 6. The van der Waals surface area contributed by atoms with Crippen LogP contribution in [0.1, 0.15) is 50.0 Å². The van der Waals surface area contributed by atoms with Gasteiger partial charge in [0.15, 0.2) is 11.7 Å². The Kier molecular flexibility index (Phi) is 6.24. The average molecular weight is 369 g/mol. The van der Waals surface area contributed by atoms with Gasteiger partial charge >= 0.3 is 5.97 Å². The van der Waals surface area contributed by atoms with Gasteiger partial charge in [-0.3, -0.25) is 13.8 Å². The minimum absolute atomic E-state index is 0.0879. The maximum Gasteiger partial charge on any atom is 0.327 e. The van der Waals surface area contributed by atoms with Crippen LogP contribution in [0, 0.1) is 0 Å². The standard InChI is InChI=1S/C18H24FNO4S/c1-5-23-16(22)14(20-25-24-17(2,3)4)18(19)11-10-12-8-6-7-9-13(12)15(18)21/h6-9,14,20H,5,10-11H2,1-4H3. The highest BCUT2D eigenvalue weighted by atomic mass is 32.2. The third-order valence-corrected chi connectivity index (χ3v) is 4.75. The lowest BCUT2D eigenvalue weighted by molar-refractivity contribution is -0.148. The number of carbonyl (C=O) groups is 2. The molecule has 25 heavy (non-hydrogen) atoms. The van der Waals surface area contributed by atoms with Crippen LogP contribution in [0.25, 0.3) is 0 Å². The van der Waals surface area contributed by atoms with Gasteiger partial charge in [-0.1, -0.05) is 24.3 Å². The van der Waals surface area contributed by atoms with Crippen LogP contribution < -0.4 is 4.72 Å². The maximum atomic E-state index is 15.7. The first-order valence-corrected chi connectivity index (χ1v) is 9.01. The molecule has 0 amide bonds. The van der Waals surface area contributed by atoms with E-state index >= 15 is 4.39 Å². The highest BCUT2D eigenvalue weighted by molar-refractivity contribution is 7.92. The summed E-state index contributed by atoms with van der Waals surface area (Å²) < 4.78 is 28.8. The molecule has 1 aliphatic carbocycles. The van der Waals surface area contributed by atoms with E-state index in [1.165, 1.54) is 0 Å². The number of carbonyl (C=O) groups excluding carboxylic acids is 2. The van der Waals surface area contributed by atoms with Crippen LogP contribution in [-0.2, 0) is 20.1 Å². The van der Waals surface area contributed by atoms with Gasteiger partial charge in [0.05, 0.1) is 24.4 Å². The van der Waals surface area contributed by atoms with Gasteiger partial charge in [0.1, 0.15) is 0 Å². The molecular formula is C18H24FNO4S. The molecule has 0 radical (unpaired) electrons. The van der Waals surface area contributed by atoms with Gasteiger partial charge in [0.25, 0.3) is 0 Å². The summed E-state index contributed by atoms with van der Waals surface area (Å²) in [5, 5.41) is 0. The van der Waals surface area contributed by atoms with Crippen LogP contribution in [0.5, 0.6) is 0 Å². The van der Waals surface area contributed by atoms with E-state index in [0.29, 0.717) is 12.0 Å². The summed E-state index contributed by atoms with van der Waals surface area (Å²) in [4.78, 5) is 25.1. The predicted octanol–water partition coefficient (Wildman–Crippen LogP) is 3.42. The molecule has 138 valence electrons. The highest BCUT2D eigenvalue weighted by Crippen LogP contribution is 2.36. The van der Waals surface area contributed by atoms with Crippen molar-refractivity contribution in [2.45, 2.75) is 57.8 Å². The molecule has 0 saturated carbocycles. The monoisotopic (exact) mass is 369 g/mol. The van der Waals surface area contributed by atoms with Crippen molar-refractivity contribution in [3.05, 3.63) is 35.4 Å². The summed E-state index contributed by atoms with van der Waals surface area (Å²) in [6, 6.07) is 5.45. The van der Waals surface area contributed by atoms with Crippen molar-refractivity contribution in [2.75, 3.05) is 6.61 Å². The van der Waals surface area contributed by atoms with Gasteiger partial charge < -0.3 is 4.74 Å². The van der Waals surface area contributed by atoms with E-state index in [4.69, 9.17) is 8.92 Å². The SMILES string of the molecule is CCOC(=O)C(NSOC(C)(C)C)C1(F)CCc2ccccc2C1=O. The van der Waals surface area contributed by atoms with Crippen molar-refractivity contribution in [2.24, 2.45) is 0 Å². The summed E-state index contributed by atoms with van der Waals surface area (Å²) in [6.45, 7) is 7.22. The second-order valence-corrected chi connectivity index (χ2v) is 7.50. The van der Waals surface area contributed by atoms with Gasteiger partial charge in [-0.05, 0) is 46.1 Å². The Morgan fingerprint density at radius 2 is 2.08 bits per heavy atom. The first-order chi connectivity index (χ1) is 11.7. The average Bonchev–Trinajstić information content (AvgIpc) is 2.54. The molecule has 0 fully saturated rings. The van der Waals surface area contributed by atoms with E-state index in [1.807, 2.05) is 26.8 Å². The molecule has 0 aliphatic heterocycles. The normalized spacial score (nSPS) is 21.6. The molecule has 0 spiro atoms. The van der Waals surface area contributed by atoms with Crippen molar-refractivity contribution in [1.29, 1.82) is 0 Å². The summed E-state index contributed by atoms with van der Waals surface area (Å²) in [5.41, 5.74) is -1.77. The number of hydrogen-bond acceptors (Lipinski definition) is 6. The lowest BCUT2D eigenvalue weighted by Gasteiger charge is -2.35. The van der Waals surface area contributed by atoms with Gasteiger partial charge in [-0.2, -0.15) is 0 Å². The fourth-order valence-corrected chi connectivity index (χ4v) is 3.32.